The van der Waals surface area contributed by atoms with Gasteiger partial charge in [0.1, 0.15) is 16.9 Å². The van der Waals surface area contributed by atoms with Crippen molar-refractivity contribution < 1.29 is 4.79 Å². The van der Waals surface area contributed by atoms with Gasteiger partial charge in [0.25, 0.3) is 0 Å². The van der Waals surface area contributed by atoms with Crippen LogP contribution in [0.25, 0.3) is 21.4 Å². The second kappa shape index (κ2) is 5.94. The van der Waals surface area contributed by atoms with E-state index in [1.807, 2.05) is 24.3 Å². The molecule has 114 valence electrons. The van der Waals surface area contributed by atoms with Crippen molar-refractivity contribution in [2.24, 2.45) is 0 Å². The van der Waals surface area contributed by atoms with E-state index in [4.69, 9.17) is 0 Å². The number of H-pyrrole nitrogens is 1. The molecule has 2 N–H and O–H groups in total. The highest BCUT2D eigenvalue weighted by atomic mass is 32.2. The Morgan fingerprint density at radius 2 is 2.17 bits per heavy atom. The van der Waals surface area contributed by atoms with E-state index in [2.05, 4.69) is 30.2 Å². The molecule has 0 spiro atoms. The summed E-state index contributed by atoms with van der Waals surface area (Å²) in [5.41, 5.74) is 2.22. The van der Waals surface area contributed by atoms with Gasteiger partial charge in [-0.25, -0.2) is 19.9 Å². The fourth-order valence-electron chi connectivity index (χ4n) is 2.07. The number of anilines is 1. The van der Waals surface area contributed by atoms with Crippen LogP contribution in [-0.4, -0.2) is 36.6 Å². The number of rotatable bonds is 4. The fourth-order valence-corrected chi connectivity index (χ4v) is 3.71. The highest BCUT2D eigenvalue weighted by Gasteiger charge is 2.11. The Bertz CT molecular complexity index is 962. The average molecular weight is 342 g/mol. The lowest BCUT2D eigenvalue weighted by molar-refractivity contribution is -0.113. The van der Waals surface area contributed by atoms with Crippen LogP contribution < -0.4 is 5.32 Å². The Labute approximate surface area is 138 Å². The number of aromatic nitrogens is 5. The predicted molar refractivity (Wildman–Crippen MR) is 90.7 cm³/mol. The van der Waals surface area contributed by atoms with E-state index in [1.165, 1.54) is 29.4 Å². The van der Waals surface area contributed by atoms with Crippen molar-refractivity contribution in [3.05, 3.63) is 36.9 Å². The monoisotopic (exact) mass is 342 g/mol. The molecule has 0 aliphatic rings. The summed E-state index contributed by atoms with van der Waals surface area (Å²) in [7, 11) is 0. The molecule has 0 atom stereocenters. The molecule has 1 amide bonds. The maximum Gasteiger partial charge on any atom is 0.236 e. The number of thiazole rings is 1. The van der Waals surface area contributed by atoms with Crippen LogP contribution in [-0.2, 0) is 4.79 Å². The summed E-state index contributed by atoms with van der Waals surface area (Å²) in [5.74, 6) is 0.112. The van der Waals surface area contributed by atoms with Gasteiger partial charge in [0.2, 0.25) is 5.91 Å². The van der Waals surface area contributed by atoms with Crippen LogP contribution in [0.2, 0.25) is 0 Å². The normalized spacial score (nSPS) is 11.1. The van der Waals surface area contributed by atoms with Crippen LogP contribution in [0.4, 0.5) is 5.13 Å². The number of aromatic amines is 1. The number of carbonyl (C=O) groups excluding carboxylic acids is 1. The van der Waals surface area contributed by atoms with Gasteiger partial charge in [-0.05, 0) is 12.1 Å². The third-order valence-electron chi connectivity index (χ3n) is 3.07. The Morgan fingerprint density at radius 3 is 3.09 bits per heavy atom. The van der Waals surface area contributed by atoms with E-state index in [9.17, 15) is 4.79 Å². The second-order valence-electron chi connectivity index (χ2n) is 4.60. The van der Waals surface area contributed by atoms with Gasteiger partial charge in [-0.1, -0.05) is 35.2 Å². The summed E-state index contributed by atoms with van der Waals surface area (Å²) in [4.78, 5) is 31.8. The van der Waals surface area contributed by atoms with E-state index >= 15 is 0 Å². The lowest BCUT2D eigenvalue weighted by Gasteiger charge is -2.02. The van der Waals surface area contributed by atoms with Crippen molar-refractivity contribution in [3.63, 3.8) is 0 Å². The van der Waals surface area contributed by atoms with Gasteiger partial charge in [-0.3, -0.25) is 4.79 Å². The first-order chi connectivity index (χ1) is 11.3. The van der Waals surface area contributed by atoms with Crippen LogP contribution in [0.1, 0.15) is 0 Å². The number of amides is 1. The van der Waals surface area contributed by atoms with Gasteiger partial charge in [0.05, 0.1) is 22.3 Å². The molecule has 0 aliphatic heterocycles. The van der Waals surface area contributed by atoms with E-state index in [1.54, 1.807) is 6.33 Å². The standard InChI is InChI=1S/C14H10N6OS2/c21-10(20-14-19-8-3-1-2-4-9(8)23-14)5-22-13-11-12(16-6-15-11)17-7-18-13/h1-4,6-7H,5H2,(H,19,20,21)(H,15,16,17,18). The molecule has 23 heavy (non-hydrogen) atoms. The van der Waals surface area contributed by atoms with Gasteiger partial charge in [-0.2, -0.15) is 0 Å². The van der Waals surface area contributed by atoms with Crippen LogP contribution in [0.3, 0.4) is 0 Å². The highest BCUT2D eigenvalue weighted by Crippen LogP contribution is 2.26. The molecule has 0 aliphatic carbocycles. The second-order valence-corrected chi connectivity index (χ2v) is 6.60. The molecule has 0 unspecified atom stereocenters. The lowest BCUT2D eigenvalue weighted by Crippen LogP contribution is -2.13. The van der Waals surface area contributed by atoms with Crippen molar-refractivity contribution >= 4 is 55.5 Å². The number of nitrogens with zero attached hydrogens (tertiary/aromatic N) is 4. The number of hydrogen-bond donors (Lipinski definition) is 2. The third-order valence-corrected chi connectivity index (χ3v) is 5.01. The molecule has 4 rings (SSSR count). The molecular weight excluding hydrogens is 332 g/mol. The molecule has 3 aromatic heterocycles. The van der Waals surface area contributed by atoms with E-state index in [-0.39, 0.29) is 11.7 Å². The third kappa shape index (κ3) is 2.88. The molecule has 3 heterocycles. The molecule has 0 fully saturated rings. The van der Waals surface area contributed by atoms with E-state index in [0.29, 0.717) is 15.8 Å². The molecule has 0 radical (unpaired) electrons. The largest absolute Gasteiger partial charge is 0.341 e. The fraction of sp³-hybridized carbons (Fsp3) is 0.0714. The quantitative estimate of drug-likeness (QED) is 0.437. The summed E-state index contributed by atoms with van der Waals surface area (Å²) < 4.78 is 1.05. The SMILES string of the molecule is O=C(CSc1ncnc2nc[nH]c12)Nc1nc2ccccc2s1. The van der Waals surface area contributed by atoms with Crippen LogP contribution in [0.15, 0.2) is 41.9 Å². The summed E-state index contributed by atoms with van der Waals surface area (Å²) in [6.07, 6.45) is 3.00. The summed E-state index contributed by atoms with van der Waals surface area (Å²) in [6.45, 7) is 0. The van der Waals surface area contributed by atoms with Gasteiger partial charge in [-0.15, -0.1) is 0 Å². The zero-order valence-corrected chi connectivity index (χ0v) is 13.3. The minimum Gasteiger partial charge on any atom is -0.341 e. The zero-order valence-electron chi connectivity index (χ0n) is 11.7. The highest BCUT2D eigenvalue weighted by molar-refractivity contribution is 8.00. The summed E-state index contributed by atoms with van der Waals surface area (Å²) in [6, 6.07) is 7.78. The first kappa shape index (κ1) is 14.1. The van der Waals surface area contributed by atoms with E-state index < -0.39 is 0 Å². The maximum atomic E-state index is 12.1. The first-order valence-electron chi connectivity index (χ1n) is 6.72. The minimum atomic E-state index is -0.125. The molecule has 0 bridgehead atoms. The molecule has 1 aromatic carbocycles. The van der Waals surface area contributed by atoms with Crippen molar-refractivity contribution in [2.75, 3.05) is 11.1 Å². The molecule has 4 aromatic rings. The predicted octanol–water partition coefficient (Wildman–Crippen LogP) is 2.69. The Morgan fingerprint density at radius 1 is 1.26 bits per heavy atom. The zero-order chi connectivity index (χ0) is 15.6. The maximum absolute atomic E-state index is 12.1. The Hall–Kier alpha value is -2.52. The Kier molecular flexibility index (Phi) is 3.64. The smallest absolute Gasteiger partial charge is 0.236 e. The minimum absolute atomic E-state index is 0.125. The van der Waals surface area contributed by atoms with Gasteiger partial charge >= 0.3 is 0 Å². The average Bonchev–Trinajstić information content (AvgIpc) is 3.18. The van der Waals surface area contributed by atoms with Crippen molar-refractivity contribution in [3.8, 4) is 0 Å². The van der Waals surface area contributed by atoms with Gasteiger partial charge in [0.15, 0.2) is 10.8 Å². The van der Waals surface area contributed by atoms with Crippen molar-refractivity contribution in [2.45, 2.75) is 5.03 Å². The molecule has 7 nitrogen and oxygen atoms in total. The lowest BCUT2D eigenvalue weighted by atomic mass is 10.3. The molecule has 0 saturated heterocycles. The van der Waals surface area contributed by atoms with Gasteiger partial charge in [0, 0.05) is 0 Å². The number of benzene rings is 1. The molecular formula is C14H10N6OS2. The van der Waals surface area contributed by atoms with Gasteiger partial charge < -0.3 is 10.3 Å². The number of para-hydroxylation sites is 1. The van der Waals surface area contributed by atoms with Crippen LogP contribution >= 0.6 is 23.1 Å². The Balaban J connectivity index is 1.45. The summed E-state index contributed by atoms with van der Waals surface area (Å²) >= 11 is 2.79. The molecule has 9 heteroatoms. The first-order valence-corrected chi connectivity index (χ1v) is 8.52. The van der Waals surface area contributed by atoms with Crippen LogP contribution in [0, 0.1) is 0 Å². The number of thioether (sulfide) groups is 1. The number of hydrogen-bond acceptors (Lipinski definition) is 7. The topological polar surface area (TPSA) is 96.5 Å². The van der Waals surface area contributed by atoms with Crippen molar-refractivity contribution in [1.82, 2.24) is 24.9 Å². The number of carbonyl (C=O) groups is 1. The molecule has 0 saturated carbocycles. The van der Waals surface area contributed by atoms with E-state index in [0.717, 1.165) is 15.7 Å². The van der Waals surface area contributed by atoms with Crippen LogP contribution in [0.5, 0.6) is 0 Å². The number of imidazole rings is 1. The number of nitrogens with one attached hydrogen (secondary N) is 2. The summed E-state index contributed by atoms with van der Waals surface area (Å²) in [5, 5.41) is 4.13. The number of fused-ring (bicyclic) bond motifs is 2. The van der Waals surface area contributed by atoms with Crippen molar-refractivity contribution in [1.29, 1.82) is 0 Å².